The molecule has 27 atom stereocenters. The standard InChI is InChI=1S/C70H130N6O31P2/c1-13-48(18-41(6)35-99-69(57(29-77)72-46(11)84)103-59(31-79)44(9)82)20-62(88)74-26-54(86)23-51(74)38-101-108(93,94)107-56-25-53(76(28-56)64(90)22-50(15-3)19-42(7)36-100-70-65(73-47(12)85)67(92)66(91)61(33-81)105-70)39-102-109(95,96)106-55-24-52(37-97-16-4)75(27-55)63(89)21-49(14-2)17-40(5)34-98-68(43(8)71-45(10)83)104-60(32-80)58(87)30-78/h40-44,48-61,65-70,77-82,86-87,91-92H,13-39H2,1-12H3,(H,71,83)(H,72,84)(H,73,85)(H,93,94)(H,95,96)/t40?,41?,42?,43-,44+,48?,49?,50?,51-,52-,53-,54+,55+,56+,57-,58+,59?,60?,61?,65?,66?,67?,68?,69?,70?/m0/s1. The number of β-amino-alcohol motifs (C(OH)–C–C–N with tert-alkyl or cyclic N) is 1. The molecule has 0 aliphatic carbocycles. The van der Waals surface area contributed by atoms with E-state index in [1.54, 1.807) is 13.8 Å². The van der Waals surface area contributed by atoms with Crippen molar-refractivity contribution < 1.29 is 150 Å². The van der Waals surface area contributed by atoms with E-state index in [1.165, 1.54) is 42.4 Å². The van der Waals surface area contributed by atoms with Crippen LogP contribution in [0.2, 0.25) is 0 Å². The number of nitrogens with zero attached hydrogens (tertiary/aromatic N) is 3. The summed E-state index contributed by atoms with van der Waals surface area (Å²) in [5.74, 6) is -4.10. The van der Waals surface area contributed by atoms with E-state index in [0.29, 0.717) is 45.1 Å². The second-order valence-electron chi connectivity index (χ2n) is 29.9. The van der Waals surface area contributed by atoms with Crippen LogP contribution in [0.1, 0.15) is 160 Å². The number of phosphoric ester groups is 2. The topological polar surface area (TPSA) is 527 Å². The first-order chi connectivity index (χ1) is 51.4. The van der Waals surface area contributed by atoms with Gasteiger partial charge in [-0.05, 0) is 94.8 Å². The molecule has 0 saturated carbocycles. The number of nitrogens with one attached hydrogen (secondary N) is 3. The zero-order valence-electron chi connectivity index (χ0n) is 65.4. The van der Waals surface area contributed by atoms with E-state index in [0.717, 1.165) is 0 Å². The van der Waals surface area contributed by atoms with E-state index in [9.17, 15) is 98.7 Å². The lowest BCUT2D eigenvalue weighted by atomic mass is 9.90. The van der Waals surface area contributed by atoms with Gasteiger partial charge in [-0.3, -0.25) is 46.9 Å². The first-order valence-corrected chi connectivity index (χ1v) is 41.2. The van der Waals surface area contributed by atoms with Gasteiger partial charge in [0.25, 0.3) is 0 Å². The largest absolute Gasteiger partial charge is 0.472 e. The van der Waals surface area contributed by atoms with Crippen molar-refractivity contribution >= 4 is 51.1 Å². The van der Waals surface area contributed by atoms with Crippen LogP contribution in [0, 0.1) is 35.5 Å². The zero-order chi connectivity index (χ0) is 81.6. The van der Waals surface area contributed by atoms with E-state index < -0.39 is 196 Å². The van der Waals surface area contributed by atoms with E-state index >= 15 is 0 Å². The Hall–Kier alpha value is -3.64. The molecule has 4 aliphatic rings. The van der Waals surface area contributed by atoms with Crippen LogP contribution in [0.15, 0.2) is 0 Å². The van der Waals surface area contributed by atoms with E-state index in [1.807, 2.05) is 41.5 Å². The monoisotopic (exact) mass is 1610 g/mol. The van der Waals surface area contributed by atoms with Gasteiger partial charge >= 0.3 is 15.6 Å². The molecule has 17 unspecified atom stereocenters. The van der Waals surface area contributed by atoms with Gasteiger partial charge in [-0.2, -0.15) is 0 Å². The van der Waals surface area contributed by atoms with Crippen LogP contribution in [-0.4, -0.2) is 326 Å². The molecule has 636 valence electrons. The van der Waals surface area contributed by atoms with Crippen molar-refractivity contribution in [3.05, 3.63) is 0 Å². The van der Waals surface area contributed by atoms with Gasteiger partial charge in [0.1, 0.15) is 48.7 Å². The minimum atomic E-state index is -5.09. The molecule has 4 aliphatic heterocycles. The Morgan fingerprint density at radius 3 is 1.42 bits per heavy atom. The summed E-state index contributed by atoms with van der Waals surface area (Å²) in [6.45, 7) is 15.2. The zero-order valence-corrected chi connectivity index (χ0v) is 67.2. The highest BCUT2D eigenvalue weighted by Crippen LogP contribution is 2.50. The lowest BCUT2D eigenvalue weighted by Gasteiger charge is -2.42. The predicted octanol–water partition coefficient (Wildman–Crippen LogP) is -0.325. The maximum absolute atomic E-state index is 14.7. The lowest BCUT2D eigenvalue weighted by Crippen LogP contribution is -2.64. The number of hydrogen-bond donors (Lipinski definition) is 15. The van der Waals surface area contributed by atoms with Crippen molar-refractivity contribution in [2.45, 2.75) is 276 Å². The van der Waals surface area contributed by atoms with Crippen LogP contribution in [-0.2, 0) is 89.2 Å². The van der Waals surface area contributed by atoms with E-state index in [4.69, 9.17) is 51.3 Å². The third-order valence-corrected chi connectivity index (χ3v) is 22.2. The number of ether oxygens (including phenoxy) is 7. The van der Waals surface area contributed by atoms with Gasteiger partial charge < -0.3 is 125 Å². The van der Waals surface area contributed by atoms with Crippen LogP contribution >= 0.6 is 15.6 Å². The SMILES string of the molecule is CCOC[C@@H]1C[C@@H](OP(=O)(O)OC[C@@H]2C[C@@H](OP(=O)(O)OC[C@@H]3C[C@@H](O)CN3C(=O)CC(CC)CC(C)COC(OC(CO)[C@@H](C)O)[C@H](CO)NC(C)=O)CN2C(=O)CC(CC)CC(C)COC2OC(CO)C(O)C(O)C2NC(C)=O)CN1C(=O)CC(CC)CC(C)COC(OC(CO)[C@H](O)CO)[C@H](C)NC(C)=O. The number of phosphoric acid groups is 2. The number of carbonyl (C=O) groups excluding carboxylic acids is 6. The Kier molecular flexibility index (Phi) is 43.6. The van der Waals surface area contributed by atoms with Crippen molar-refractivity contribution in [1.29, 1.82) is 0 Å². The van der Waals surface area contributed by atoms with Crippen LogP contribution in [0.25, 0.3) is 0 Å². The van der Waals surface area contributed by atoms with Crippen molar-refractivity contribution in [3.8, 4) is 0 Å². The van der Waals surface area contributed by atoms with Gasteiger partial charge in [0.15, 0.2) is 18.9 Å². The highest BCUT2D eigenvalue weighted by molar-refractivity contribution is 7.47. The fourth-order valence-corrected chi connectivity index (χ4v) is 16.1. The van der Waals surface area contributed by atoms with E-state index in [-0.39, 0.29) is 138 Å². The number of amides is 6. The summed E-state index contributed by atoms with van der Waals surface area (Å²) in [6, 6.07) is -5.54. The van der Waals surface area contributed by atoms with Gasteiger partial charge in [-0.1, -0.05) is 60.8 Å². The Balaban J connectivity index is 1.49. The first-order valence-electron chi connectivity index (χ1n) is 38.2. The smallest absolute Gasteiger partial charge is 0.394 e. The summed E-state index contributed by atoms with van der Waals surface area (Å²) in [5, 5.41) is 109. The molecule has 37 nitrogen and oxygen atoms in total. The molecule has 4 heterocycles. The molecule has 39 heteroatoms. The number of aliphatic hydroxyl groups is 10. The molecule has 4 rings (SSSR count). The minimum Gasteiger partial charge on any atom is -0.394 e. The van der Waals surface area contributed by atoms with Crippen molar-refractivity contribution in [1.82, 2.24) is 30.7 Å². The third-order valence-electron chi connectivity index (χ3n) is 20.1. The molecule has 0 aromatic heterocycles. The Morgan fingerprint density at radius 2 is 1.00 bits per heavy atom. The summed E-state index contributed by atoms with van der Waals surface area (Å²) in [4.78, 5) is 106. The summed E-state index contributed by atoms with van der Waals surface area (Å²) in [5.41, 5.74) is 0. The maximum atomic E-state index is 14.7. The van der Waals surface area contributed by atoms with Gasteiger partial charge in [-0.15, -0.1) is 0 Å². The minimum absolute atomic E-state index is 0.00641. The molecular weight excluding hydrogens is 1480 g/mol. The quantitative estimate of drug-likeness (QED) is 0.0274. The summed E-state index contributed by atoms with van der Waals surface area (Å²) in [7, 11) is -10.2. The van der Waals surface area contributed by atoms with E-state index in [2.05, 4.69) is 16.0 Å². The molecule has 0 bridgehead atoms. The van der Waals surface area contributed by atoms with Crippen LogP contribution in [0.4, 0.5) is 0 Å². The fourth-order valence-electron chi connectivity index (χ4n) is 14.2. The second-order valence-corrected chi connectivity index (χ2v) is 32.7. The van der Waals surface area contributed by atoms with Gasteiger partial charge in [0.2, 0.25) is 35.4 Å². The van der Waals surface area contributed by atoms with Crippen LogP contribution in [0.3, 0.4) is 0 Å². The van der Waals surface area contributed by atoms with Crippen molar-refractivity contribution in [3.63, 3.8) is 0 Å². The predicted molar refractivity (Wildman–Crippen MR) is 388 cm³/mol. The molecule has 4 fully saturated rings. The second kappa shape index (κ2) is 48.7. The van der Waals surface area contributed by atoms with Crippen molar-refractivity contribution in [2.75, 3.05) is 98.9 Å². The summed E-state index contributed by atoms with van der Waals surface area (Å²) < 4.78 is 92.1. The molecule has 0 spiro atoms. The van der Waals surface area contributed by atoms with Gasteiger partial charge in [0.05, 0.1) is 121 Å². The Morgan fingerprint density at radius 1 is 0.550 bits per heavy atom. The molecule has 0 radical (unpaired) electrons. The number of aliphatic hydroxyl groups excluding tert-OH is 10. The van der Waals surface area contributed by atoms with Crippen LogP contribution in [0.5, 0.6) is 0 Å². The van der Waals surface area contributed by atoms with Gasteiger partial charge in [0, 0.05) is 66.3 Å². The highest BCUT2D eigenvalue weighted by Gasteiger charge is 2.48. The molecular formula is C70H130N6O31P2. The molecule has 0 aromatic rings. The Bertz CT molecular complexity index is 2810. The van der Waals surface area contributed by atoms with Crippen LogP contribution < -0.4 is 16.0 Å². The average molecular weight is 1610 g/mol. The third kappa shape index (κ3) is 33.2. The molecule has 0 aromatic carbocycles. The lowest BCUT2D eigenvalue weighted by molar-refractivity contribution is -0.272. The molecule has 4 saturated heterocycles. The normalized spacial score (nSPS) is 27.6. The maximum Gasteiger partial charge on any atom is 0.472 e. The molecule has 109 heavy (non-hydrogen) atoms. The number of likely N-dealkylation sites (tertiary alicyclic amines) is 3. The first kappa shape index (κ1) is 97.7. The van der Waals surface area contributed by atoms with Gasteiger partial charge in [-0.25, -0.2) is 9.13 Å². The average Bonchev–Trinajstić information content (AvgIpc) is 1.10. The molecule has 6 amide bonds. The summed E-state index contributed by atoms with van der Waals surface area (Å²) >= 11 is 0. The Labute approximate surface area is 640 Å². The molecule has 15 N–H and O–H groups in total. The summed E-state index contributed by atoms with van der Waals surface area (Å²) in [6.07, 6.45) is -13.6. The fraction of sp³-hybridized carbons (Fsp3) is 0.914. The highest BCUT2D eigenvalue weighted by atomic mass is 31.2. The number of carbonyl (C=O) groups is 6. The number of rotatable bonds is 53. The number of hydrogen-bond acceptors (Lipinski definition) is 29. The van der Waals surface area contributed by atoms with Crippen molar-refractivity contribution in [2.24, 2.45) is 35.5 Å².